The van der Waals surface area contributed by atoms with Crippen molar-refractivity contribution in [1.82, 2.24) is 15.5 Å². The molecule has 27 heavy (non-hydrogen) atoms. The molecule has 0 radical (unpaired) electrons. The SMILES string of the molecule is C=C(C)CN1CCC(NC(=NC)NC2CC(OCC)C23CCCC3)CC1.I. The molecule has 1 saturated heterocycles. The van der Waals surface area contributed by atoms with Crippen LogP contribution in [0.4, 0.5) is 0 Å². The molecule has 1 aliphatic heterocycles. The quantitative estimate of drug-likeness (QED) is 0.259. The molecule has 0 aromatic heterocycles. The summed E-state index contributed by atoms with van der Waals surface area (Å²) < 4.78 is 6.04. The van der Waals surface area contributed by atoms with E-state index >= 15 is 0 Å². The first-order valence-corrected chi connectivity index (χ1v) is 10.6. The molecule has 2 aliphatic carbocycles. The number of halogens is 1. The van der Waals surface area contributed by atoms with Gasteiger partial charge in [0.05, 0.1) is 6.10 Å². The van der Waals surface area contributed by atoms with Gasteiger partial charge in [0.15, 0.2) is 5.96 Å². The van der Waals surface area contributed by atoms with Gasteiger partial charge in [-0.05, 0) is 46.0 Å². The third-order valence-corrected chi connectivity index (χ3v) is 6.64. The van der Waals surface area contributed by atoms with Crippen molar-refractivity contribution < 1.29 is 4.74 Å². The summed E-state index contributed by atoms with van der Waals surface area (Å²) in [6.45, 7) is 12.4. The van der Waals surface area contributed by atoms with Crippen LogP contribution in [0, 0.1) is 5.41 Å². The lowest BCUT2D eigenvalue weighted by Crippen LogP contribution is -2.65. The average molecular weight is 490 g/mol. The summed E-state index contributed by atoms with van der Waals surface area (Å²) in [5.74, 6) is 0.981. The number of likely N-dealkylation sites (tertiary alicyclic amines) is 1. The van der Waals surface area contributed by atoms with E-state index < -0.39 is 0 Å². The van der Waals surface area contributed by atoms with Crippen LogP contribution in [0.5, 0.6) is 0 Å². The lowest BCUT2D eigenvalue weighted by atomic mass is 9.60. The molecule has 5 nitrogen and oxygen atoms in total. The van der Waals surface area contributed by atoms with Crippen LogP contribution in [-0.2, 0) is 4.74 Å². The van der Waals surface area contributed by atoms with Crippen LogP contribution >= 0.6 is 24.0 Å². The van der Waals surface area contributed by atoms with E-state index in [9.17, 15) is 0 Å². The molecule has 3 rings (SSSR count). The molecule has 2 atom stereocenters. The molecule has 156 valence electrons. The van der Waals surface area contributed by atoms with E-state index in [0.717, 1.165) is 38.6 Å². The van der Waals surface area contributed by atoms with Crippen molar-refractivity contribution in [2.75, 3.05) is 33.3 Å². The van der Waals surface area contributed by atoms with E-state index in [2.05, 4.69) is 41.0 Å². The van der Waals surface area contributed by atoms with Gasteiger partial charge in [0.25, 0.3) is 0 Å². The number of hydrogen-bond acceptors (Lipinski definition) is 3. The van der Waals surface area contributed by atoms with Gasteiger partial charge in [-0.15, -0.1) is 24.0 Å². The molecule has 3 fully saturated rings. The fourth-order valence-corrected chi connectivity index (χ4v) is 5.24. The number of nitrogens with one attached hydrogen (secondary N) is 2. The summed E-state index contributed by atoms with van der Waals surface area (Å²) in [6, 6.07) is 1.03. The standard InChI is InChI=1S/C21H38N4O.HI/c1-5-26-19-14-18(21(19)10-6-7-11-21)24-20(22-4)23-17-8-12-25(13-9-17)15-16(2)3;/h17-19H,2,5-15H2,1,3-4H3,(H2,22,23,24);1H. The predicted octanol–water partition coefficient (Wildman–Crippen LogP) is 3.55. The Hall–Kier alpha value is -0.340. The van der Waals surface area contributed by atoms with Crippen LogP contribution in [-0.4, -0.2) is 62.3 Å². The normalized spacial score (nSPS) is 28.5. The van der Waals surface area contributed by atoms with Gasteiger partial charge in [0.1, 0.15) is 0 Å². The smallest absolute Gasteiger partial charge is 0.191 e. The lowest BCUT2D eigenvalue weighted by molar-refractivity contribution is -0.125. The Kier molecular flexibility index (Phi) is 8.87. The van der Waals surface area contributed by atoms with E-state index in [-0.39, 0.29) is 24.0 Å². The molecule has 0 aromatic rings. The summed E-state index contributed by atoms with van der Waals surface area (Å²) in [7, 11) is 1.89. The summed E-state index contributed by atoms with van der Waals surface area (Å²) in [5.41, 5.74) is 1.60. The maximum Gasteiger partial charge on any atom is 0.191 e. The first-order chi connectivity index (χ1) is 12.6. The van der Waals surface area contributed by atoms with Crippen LogP contribution in [0.1, 0.15) is 58.8 Å². The third-order valence-electron chi connectivity index (χ3n) is 6.64. The molecule has 3 aliphatic rings. The summed E-state index contributed by atoms with van der Waals surface area (Å²) in [5, 5.41) is 7.43. The second-order valence-corrected chi connectivity index (χ2v) is 8.54. The minimum atomic E-state index is 0. The fourth-order valence-electron chi connectivity index (χ4n) is 5.24. The van der Waals surface area contributed by atoms with Crippen LogP contribution in [0.3, 0.4) is 0 Å². The fraction of sp³-hybridized carbons (Fsp3) is 0.857. The van der Waals surface area contributed by atoms with Gasteiger partial charge in [0, 0.05) is 50.8 Å². The summed E-state index contributed by atoms with van der Waals surface area (Å²) >= 11 is 0. The number of ether oxygens (including phenoxy) is 1. The van der Waals surface area contributed by atoms with Gasteiger partial charge < -0.3 is 15.4 Å². The van der Waals surface area contributed by atoms with Crippen molar-refractivity contribution in [2.24, 2.45) is 10.4 Å². The number of hydrogen-bond donors (Lipinski definition) is 2. The molecule has 6 heteroatoms. The van der Waals surface area contributed by atoms with Gasteiger partial charge in [0.2, 0.25) is 0 Å². The molecular weight excluding hydrogens is 451 g/mol. The number of aliphatic imine (C=N–C) groups is 1. The maximum absolute atomic E-state index is 6.04. The molecular formula is C21H39IN4O. The highest BCUT2D eigenvalue weighted by atomic mass is 127. The van der Waals surface area contributed by atoms with Gasteiger partial charge in [-0.2, -0.15) is 0 Å². The van der Waals surface area contributed by atoms with Gasteiger partial charge in [-0.3, -0.25) is 9.89 Å². The highest BCUT2D eigenvalue weighted by Crippen LogP contribution is 2.54. The first-order valence-electron chi connectivity index (χ1n) is 10.6. The number of rotatable bonds is 6. The van der Waals surface area contributed by atoms with E-state index in [1.165, 1.54) is 44.1 Å². The second-order valence-electron chi connectivity index (χ2n) is 8.54. The Labute approximate surface area is 182 Å². The third kappa shape index (κ3) is 5.38. The zero-order valence-corrected chi connectivity index (χ0v) is 19.8. The van der Waals surface area contributed by atoms with Gasteiger partial charge in [-0.1, -0.05) is 25.0 Å². The van der Waals surface area contributed by atoms with Gasteiger partial charge >= 0.3 is 0 Å². The van der Waals surface area contributed by atoms with E-state index in [1.807, 2.05) is 7.05 Å². The van der Waals surface area contributed by atoms with E-state index in [4.69, 9.17) is 4.74 Å². The topological polar surface area (TPSA) is 48.9 Å². The number of guanidine groups is 1. The monoisotopic (exact) mass is 490 g/mol. The molecule has 1 heterocycles. The minimum Gasteiger partial charge on any atom is -0.378 e. The molecule has 2 unspecified atom stereocenters. The Bertz CT molecular complexity index is 510. The minimum absolute atomic E-state index is 0. The number of piperidine rings is 1. The van der Waals surface area contributed by atoms with Crippen molar-refractivity contribution in [3.05, 3.63) is 12.2 Å². The van der Waals surface area contributed by atoms with Crippen molar-refractivity contribution >= 4 is 29.9 Å². The Morgan fingerprint density at radius 3 is 2.44 bits per heavy atom. The van der Waals surface area contributed by atoms with Crippen molar-refractivity contribution in [3.63, 3.8) is 0 Å². The Morgan fingerprint density at radius 1 is 1.22 bits per heavy atom. The Balaban J connectivity index is 0.00000261. The van der Waals surface area contributed by atoms with E-state index in [0.29, 0.717) is 23.6 Å². The zero-order chi connectivity index (χ0) is 18.6. The predicted molar refractivity (Wildman–Crippen MR) is 124 cm³/mol. The number of nitrogens with zero attached hydrogens (tertiary/aromatic N) is 2. The molecule has 2 N–H and O–H groups in total. The zero-order valence-electron chi connectivity index (χ0n) is 17.4. The summed E-state index contributed by atoms with van der Waals surface area (Å²) in [6.07, 6.45) is 9.18. The highest BCUT2D eigenvalue weighted by molar-refractivity contribution is 14.0. The highest BCUT2D eigenvalue weighted by Gasteiger charge is 2.57. The Morgan fingerprint density at radius 2 is 1.89 bits per heavy atom. The van der Waals surface area contributed by atoms with Gasteiger partial charge in [-0.25, -0.2) is 0 Å². The van der Waals surface area contributed by atoms with Crippen LogP contribution < -0.4 is 10.6 Å². The van der Waals surface area contributed by atoms with Crippen molar-refractivity contribution in [2.45, 2.75) is 77.0 Å². The van der Waals surface area contributed by atoms with Crippen LogP contribution in [0.25, 0.3) is 0 Å². The first kappa shape index (κ1) is 22.9. The lowest BCUT2D eigenvalue weighted by Gasteiger charge is -2.54. The van der Waals surface area contributed by atoms with E-state index in [1.54, 1.807) is 0 Å². The molecule has 2 saturated carbocycles. The molecule has 1 spiro atoms. The molecule has 0 bridgehead atoms. The summed E-state index contributed by atoms with van der Waals surface area (Å²) in [4.78, 5) is 7.03. The largest absolute Gasteiger partial charge is 0.378 e. The molecule has 0 aromatic carbocycles. The average Bonchev–Trinajstić information content (AvgIpc) is 3.14. The maximum atomic E-state index is 6.04. The van der Waals surface area contributed by atoms with Crippen LogP contribution in [0.15, 0.2) is 17.1 Å². The second kappa shape index (κ2) is 10.4. The molecule has 0 amide bonds. The van der Waals surface area contributed by atoms with Crippen molar-refractivity contribution in [3.8, 4) is 0 Å². The van der Waals surface area contributed by atoms with Crippen molar-refractivity contribution in [1.29, 1.82) is 0 Å². The van der Waals surface area contributed by atoms with Crippen LogP contribution in [0.2, 0.25) is 0 Å².